The molecule has 0 fully saturated rings. The molecule has 20 heavy (non-hydrogen) atoms. The summed E-state index contributed by atoms with van der Waals surface area (Å²) in [5.74, 6) is -0.0167. The molecule has 0 unspecified atom stereocenters. The first-order valence-corrected chi connectivity index (χ1v) is 7.15. The number of benzene rings is 1. The molecule has 1 aromatic carbocycles. The number of rotatable bonds is 4. The van der Waals surface area contributed by atoms with Crippen LogP contribution in [0, 0.1) is 5.82 Å². The van der Waals surface area contributed by atoms with Crippen LogP contribution in [0.5, 0.6) is 0 Å². The van der Waals surface area contributed by atoms with Crippen molar-refractivity contribution in [2.24, 2.45) is 0 Å². The highest BCUT2D eigenvalue weighted by molar-refractivity contribution is 8.00. The third-order valence-corrected chi connectivity index (χ3v) is 3.81. The summed E-state index contributed by atoms with van der Waals surface area (Å²) in [7, 11) is 0. The lowest BCUT2D eigenvalue weighted by atomic mass is 10.3. The molecule has 104 valence electrons. The molecule has 0 aliphatic heterocycles. The molecule has 0 saturated heterocycles. The van der Waals surface area contributed by atoms with E-state index in [-0.39, 0.29) is 17.0 Å². The zero-order chi connectivity index (χ0) is 14.5. The zero-order valence-electron chi connectivity index (χ0n) is 10.6. The summed E-state index contributed by atoms with van der Waals surface area (Å²) in [6.45, 7) is 1.78. The Morgan fingerprint density at radius 1 is 1.30 bits per heavy atom. The highest BCUT2D eigenvalue weighted by atomic mass is 35.5. The molecule has 1 aromatic heterocycles. The largest absolute Gasteiger partial charge is 0.310 e. The van der Waals surface area contributed by atoms with E-state index in [0.29, 0.717) is 10.8 Å². The number of aromatic nitrogens is 1. The molecule has 0 aliphatic rings. The molecule has 1 atom stereocenters. The van der Waals surface area contributed by atoms with Gasteiger partial charge in [-0.1, -0.05) is 11.6 Å². The quantitative estimate of drug-likeness (QED) is 0.868. The number of hydrogen-bond acceptors (Lipinski definition) is 3. The average molecular weight is 311 g/mol. The van der Waals surface area contributed by atoms with Gasteiger partial charge < -0.3 is 5.32 Å². The molecular formula is C14H12ClFN2OS. The number of thioether (sulfide) groups is 1. The number of pyridine rings is 1. The maximum Gasteiger partial charge on any atom is 0.238 e. The lowest BCUT2D eigenvalue weighted by molar-refractivity contribution is -0.115. The van der Waals surface area contributed by atoms with E-state index in [4.69, 9.17) is 11.6 Å². The van der Waals surface area contributed by atoms with Crippen LogP contribution in [0.25, 0.3) is 0 Å². The number of hydrogen-bond donors (Lipinski definition) is 1. The lowest BCUT2D eigenvalue weighted by Crippen LogP contribution is -2.22. The second-order valence-electron chi connectivity index (χ2n) is 4.06. The molecule has 1 heterocycles. The Morgan fingerprint density at radius 3 is 2.60 bits per heavy atom. The monoisotopic (exact) mass is 310 g/mol. The van der Waals surface area contributed by atoms with Gasteiger partial charge in [0, 0.05) is 11.1 Å². The Bertz CT molecular complexity index is 589. The van der Waals surface area contributed by atoms with Gasteiger partial charge in [-0.25, -0.2) is 9.37 Å². The third kappa shape index (κ3) is 4.21. The first kappa shape index (κ1) is 14.8. The maximum absolute atomic E-state index is 12.8. The molecule has 2 aromatic rings. The van der Waals surface area contributed by atoms with Crippen molar-refractivity contribution in [1.82, 2.24) is 4.98 Å². The van der Waals surface area contributed by atoms with Crippen molar-refractivity contribution in [1.29, 1.82) is 0 Å². The molecule has 0 spiro atoms. The van der Waals surface area contributed by atoms with Gasteiger partial charge in [0.15, 0.2) is 0 Å². The van der Waals surface area contributed by atoms with Crippen LogP contribution >= 0.6 is 23.4 Å². The minimum absolute atomic E-state index is 0.172. The number of halogens is 2. The van der Waals surface area contributed by atoms with Gasteiger partial charge in [0.05, 0.1) is 10.3 Å². The van der Waals surface area contributed by atoms with E-state index in [1.54, 1.807) is 31.2 Å². The van der Waals surface area contributed by atoms with Crippen LogP contribution in [0.15, 0.2) is 47.5 Å². The van der Waals surface area contributed by atoms with Gasteiger partial charge >= 0.3 is 0 Å². The van der Waals surface area contributed by atoms with Crippen molar-refractivity contribution in [3.05, 3.63) is 53.4 Å². The van der Waals surface area contributed by atoms with Crippen molar-refractivity contribution in [3.63, 3.8) is 0 Å². The van der Waals surface area contributed by atoms with Gasteiger partial charge in [0.25, 0.3) is 0 Å². The van der Waals surface area contributed by atoms with E-state index >= 15 is 0 Å². The number of carbonyl (C=O) groups excluding carboxylic acids is 1. The number of nitrogens with zero attached hydrogens (tertiary/aromatic N) is 1. The van der Waals surface area contributed by atoms with Crippen molar-refractivity contribution in [3.8, 4) is 0 Å². The van der Waals surface area contributed by atoms with E-state index in [2.05, 4.69) is 10.3 Å². The summed E-state index contributed by atoms with van der Waals surface area (Å²) >= 11 is 7.07. The van der Waals surface area contributed by atoms with Crippen molar-refractivity contribution < 1.29 is 9.18 Å². The second kappa shape index (κ2) is 6.72. The topological polar surface area (TPSA) is 42.0 Å². The third-order valence-electron chi connectivity index (χ3n) is 2.47. The molecule has 0 aliphatic carbocycles. The molecule has 1 amide bonds. The summed E-state index contributed by atoms with van der Waals surface area (Å²) in [5, 5.41) is 2.89. The Morgan fingerprint density at radius 2 is 2.00 bits per heavy atom. The standard InChI is InChI=1S/C14H12ClFN2OS/c1-9(20-12-5-3-11(16)4-6-12)14(19)18-13-7-2-10(15)8-17-13/h2-9H,1H3,(H,17,18,19)/t9-/m0/s1. The molecule has 1 N–H and O–H groups in total. The Labute approximate surface area is 125 Å². The first-order valence-electron chi connectivity index (χ1n) is 5.89. The number of anilines is 1. The van der Waals surface area contributed by atoms with Gasteiger partial charge in [-0.3, -0.25) is 4.79 Å². The predicted molar refractivity (Wildman–Crippen MR) is 79.6 cm³/mol. The summed E-state index contributed by atoms with van der Waals surface area (Å²) in [6.07, 6.45) is 1.47. The molecule has 0 bridgehead atoms. The van der Waals surface area contributed by atoms with Gasteiger partial charge in [-0.2, -0.15) is 0 Å². The molecule has 0 radical (unpaired) electrons. The SMILES string of the molecule is C[C@H](Sc1ccc(F)cc1)C(=O)Nc1ccc(Cl)cn1. The van der Waals surface area contributed by atoms with Crippen LogP contribution in [-0.2, 0) is 4.79 Å². The molecule has 6 heteroatoms. The fraction of sp³-hybridized carbons (Fsp3) is 0.143. The highest BCUT2D eigenvalue weighted by Gasteiger charge is 2.15. The van der Waals surface area contributed by atoms with E-state index in [0.717, 1.165) is 4.90 Å². The predicted octanol–water partition coefficient (Wildman–Crippen LogP) is 3.99. The van der Waals surface area contributed by atoms with Crippen molar-refractivity contribution in [2.45, 2.75) is 17.1 Å². The molecular weight excluding hydrogens is 299 g/mol. The average Bonchev–Trinajstić information content (AvgIpc) is 2.44. The fourth-order valence-electron chi connectivity index (χ4n) is 1.45. The smallest absolute Gasteiger partial charge is 0.238 e. The minimum atomic E-state index is -0.321. The van der Waals surface area contributed by atoms with E-state index in [1.807, 2.05) is 0 Å². The Balaban J connectivity index is 1.94. The summed E-state index contributed by atoms with van der Waals surface area (Å²) < 4.78 is 12.8. The van der Waals surface area contributed by atoms with Crippen LogP contribution in [0.3, 0.4) is 0 Å². The first-order chi connectivity index (χ1) is 9.54. The maximum atomic E-state index is 12.8. The summed E-state index contributed by atoms with van der Waals surface area (Å²) in [4.78, 5) is 16.8. The molecule has 3 nitrogen and oxygen atoms in total. The second-order valence-corrected chi connectivity index (χ2v) is 5.92. The molecule has 0 saturated carbocycles. The summed E-state index contributed by atoms with van der Waals surface area (Å²) in [6, 6.07) is 9.31. The van der Waals surface area contributed by atoms with Crippen LogP contribution in [-0.4, -0.2) is 16.1 Å². The normalized spacial score (nSPS) is 11.9. The van der Waals surface area contributed by atoms with Crippen molar-refractivity contribution in [2.75, 3.05) is 5.32 Å². The number of carbonyl (C=O) groups is 1. The van der Waals surface area contributed by atoms with Crippen LogP contribution in [0.2, 0.25) is 5.02 Å². The fourth-order valence-corrected chi connectivity index (χ4v) is 2.43. The van der Waals surface area contributed by atoms with Crippen LogP contribution < -0.4 is 5.32 Å². The zero-order valence-corrected chi connectivity index (χ0v) is 12.2. The van der Waals surface area contributed by atoms with Crippen molar-refractivity contribution >= 4 is 35.1 Å². The van der Waals surface area contributed by atoms with Crippen LogP contribution in [0.1, 0.15) is 6.92 Å². The summed E-state index contributed by atoms with van der Waals surface area (Å²) in [5.41, 5.74) is 0. The lowest BCUT2D eigenvalue weighted by Gasteiger charge is -2.11. The van der Waals surface area contributed by atoms with Gasteiger partial charge in [0.2, 0.25) is 5.91 Å². The molecule has 2 rings (SSSR count). The van der Waals surface area contributed by atoms with Gasteiger partial charge in [-0.05, 0) is 43.3 Å². The number of amides is 1. The highest BCUT2D eigenvalue weighted by Crippen LogP contribution is 2.24. The van der Waals surface area contributed by atoms with E-state index < -0.39 is 0 Å². The number of nitrogens with one attached hydrogen (secondary N) is 1. The van der Waals surface area contributed by atoms with E-state index in [1.165, 1.54) is 30.1 Å². The van der Waals surface area contributed by atoms with E-state index in [9.17, 15) is 9.18 Å². The van der Waals surface area contributed by atoms with Gasteiger partial charge in [-0.15, -0.1) is 11.8 Å². The minimum Gasteiger partial charge on any atom is -0.310 e. The van der Waals surface area contributed by atoms with Gasteiger partial charge in [0.1, 0.15) is 11.6 Å². The Kier molecular flexibility index (Phi) is 4.98. The Hall–Kier alpha value is -1.59. The van der Waals surface area contributed by atoms with Crippen LogP contribution in [0.4, 0.5) is 10.2 Å².